The summed E-state index contributed by atoms with van der Waals surface area (Å²) in [6.45, 7) is 5.98. The molecule has 0 saturated carbocycles. The van der Waals surface area contributed by atoms with Crippen LogP contribution in [0.15, 0.2) is 17.3 Å². The number of carbonyl (C=O) groups excluding carboxylic acids is 1. The van der Waals surface area contributed by atoms with Crippen LogP contribution < -0.4 is 0 Å². The van der Waals surface area contributed by atoms with E-state index in [-0.39, 0.29) is 24.5 Å². The third-order valence-electron chi connectivity index (χ3n) is 2.10. The molecular weight excluding hydrogens is 196 g/mol. The average molecular weight is 210 g/mol. The van der Waals surface area contributed by atoms with Gasteiger partial charge in [0.15, 0.2) is 0 Å². The molecule has 0 aliphatic carbocycles. The summed E-state index contributed by atoms with van der Waals surface area (Å²) in [6, 6.07) is 0. The van der Waals surface area contributed by atoms with Gasteiger partial charge in [0, 0.05) is 19.4 Å². The van der Waals surface area contributed by atoms with E-state index in [0.717, 1.165) is 5.57 Å². The number of carboxylic acids is 1. The Kier molecular flexibility index (Phi) is 3.60. The van der Waals surface area contributed by atoms with Crippen LogP contribution in [0, 0.1) is 0 Å². The van der Waals surface area contributed by atoms with Gasteiger partial charge in [-0.05, 0) is 13.3 Å². The summed E-state index contributed by atoms with van der Waals surface area (Å²) >= 11 is 0. The maximum absolute atomic E-state index is 11.4. The Balaban J connectivity index is 2.67. The molecule has 0 unspecified atom stereocenters. The molecule has 15 heavy (non-hydrogen) atoms. The van der Waals surface area contributed by atoms with Crippen LogP contribution >= 0.6 is 0 Å². The van der Waals surface area contributed by atoms with Crippen molar-refractivity contribution in [3.8, 4) is 0 Å². The normalized spacial score (nSPS) is 16.2. The zero-order valence-electron chi connectivity index (χ0n) is 8.69. The lowest BCUT2D eigenvalue weighted by molar-refractivity contribution is -0.132. The van der Waals surface area contributed by atoms with E-state index >= 15 is 0 Å². The van der Waals surface area contributed by atoms with E-state index < -0.39 is 5.97 Å². The lowest BCUT2D eigenvalue weighted by Crippen LogP contribution is -2.34. The van der Waals surface area contributed by atoms with Crippen LogP contribution in [0.3, 0.4) is 0 Å². The van der Waals surface area contributed by atoms with Crippen molar-refractivity contribution < 1.29 is 14.7 Å². The molecule has 0 aromatic rings. The number of carboxylic acid groups (broad SMARTS) is 1. The van der Waals surface area contributed by atoms with E-state index in [1.165, 1.54) is 5.01 Å². The van der Waals surface area contributed by atoms with Crippen molar-refractivity contribution in [2.45, 2.75) is 26.2 Å². The maximum Gasteiger partial charge on any atom is 0.352 e. The molecule has 0 fully saturated rings. The van der Waals surface area contributed by atoms with Crippen molar-refractivity contribution in [1.82, 2.24) is 5.01 Å². The van der Waals surface area contributed by atoms with Crippen molar-refractivity contribution in [3.63, 3.8) is 0 Å². The van der Waals surface area contributed by atoms with Gasteiger partial charge < -0.3 is 5.11 Å². The summed E-state index contributed by atoms with van der Waals surface area (Å²) in [5.74, 6) is -1.18. The molecule has 0 aromatic heterocycles. The van der Waals surface area contributed by atoms with Crippen molar-refractivity contribution in [2.75, 3.05) is 6.54 Å². The Morgan fingerprint density at radius 2 is 2.27 bits per heavy atom. The minimum absolute atomic E-state index is 0.0521. The minimum Gasteiger partial charge on any atom is -0.477 e. The van der Waals surface area contributed by atoms with Crippen LogP contribution in [-0.4, -0.2) is 34.2 Å². The molecule has 1 amide bonds. The Morgan fingerprint density at radius 1 is 1.60 bits per heavy atom. The smallest absolute Gasteiger partial charge is 0.352 e. The molecule has 0 saturated heterocycles. The van der Waals surface area contributed by atoms with E-state index in [4.69, 9.17) is 5.11 Å². The first kappa shape index (κ1) is 11.4. The second kappa shape index (κ2) is 4.72. The maximum atomic E-state index is 11.4. The Bertz CT molecular complexity index is 334. The highest BCUT2D eigenvalue weighted by Gasteiger charge is 2.23. The quantitative estimate of drug-likeness (QED) is 0.704. The molecule has 0 atom stereocenters. The molecule has 5 nitrogen and oxygen atoms in total. The van der Waals surface area contributed by atoms with E-state index in [1.54, 1.807) is 0 Å². The lowest BCUT2D eigenvalue weighted by atomic mass is 10.1. The molecule has 0 aromatic carbocycles. The molecule has 0 radical (unpaired) electrons. The van der Waals surface area contributed by atoms with Gasteiger partial charge >= 0.3 is 5.97 Å². The van der Waals surface area contributed by atoms with Gasteiger partial charge in [-0.2, -0.15) is 5.10 Å². The first-order valence-electron chi connectivity index (χ1n) is 4.76. The summed E-state index contributed by atoms with van der Waals surface area (Å²) in [4.78, 5) is 22.0. The highest BCUT2D eigenvalue weighted by atomic mass is 16.4. The molecular formula is C10H14N2O3. The molecule has 1 heterocycles. The second-order valence-electron chi connectivity index (χ2n) is 3.58. The fourth-order valence-corrected chi connectivity index (χ4v) is 1.23. The van der Waals surface area contributed by atoms with Crippen LogP contribution in [0.25, 0.3) is 0 Å². The molecule has 1 aliphatic rings. The van der Waals surface area contributed by atoms with Gasteiger partial charge in [-0.25, -0.2) is 9.80 Å². The SMILES string of the molecule is C=C(C)CCN1N=C(C(=O)O)CCC1=O. The van der Waals surface area contributed by atoms with Crippen molar-refractivity contribution in [1.29, 1.82) is 0 Å². The van der Waals surface area contributed by atoms with E-state index in [1.807, 2.05) is 6.92 Å². The van der Waals surface area contributed by atoms with Crippen LogP contribution in [0.1, 0.15) is 26.2 Å². The fourth-order valence-electron chi connectivity index (χ4n) is 1.23. The average Bonchev–Trinajstić information content (AvgIpc) is 2.16. The van der Waals surface area contributed by atoms with Crippen LogP contribution in [0.4, 0.5) is 0 Å². The van der Waals surface area contributed by atoms with Crippen molar-refractivity contribution >= 4 is 17.6 Å². The molecule has 1 N–H and O–H groups in total. The summed E-state index contributed by atoms with van der Waals surface area (Å²) in [5, 5.41) is 13.8. The van der Waals surface area contributed by atoms with E-state index in [0.29, 0.717) is 13.0 Å². The van der Waals surface area contributed by atoms with Gasteiger partial charge in [0.25, 0.3) is 0 Å². The molecule has 0 spiro atoms. The number of aliphatic carboxylic acids is 1. The topological polar surface area (TPSA) is 70.0 Å². The highest BCUT2D eigenvalue weighted by Crippen LogP contribution is 2.11. The molecule has 0 bridgehead atoms. The van der Waals surface area contributed by atoms with Gasteiger partial charge in [0.2, 0.25) is 5.91 Å². The predicted octanol–water partition coefficient (Wildman–Crippen LogP) is 1.02. The Labute approximate surface area is 88.1 Å². The largest absolute Gasteiger partial charge is 0.477 e. The second-order valence-corrected chi connectivity index (χ2v) is 3.58. The molecule has 1 aliphatic heterocycles. The van der Waals surface area contributed by atoms with Gasteiger partial charge in [0.05, 0.1) is 0 Å². The summed E-state index contributed by atoms with van der Waals surface area (Å²) in [5.41, 5.74) is 0.997. The summed E-state index contributed by atoms with van der Waals surface area (Å²) < 4.78 is 0. The fraction of sp³-hybridized carbons (Fsp3) is 0.500. The van der Waals surface area contributed by atoms with Gasteiger partial charge in [-0.1, -0.05) is 5.57 Å². The zero-order valence-corrected chi connectivity index (χ0v) is 8.69. The monoisotopic (exact) mass is 210 g/mol. The van der Waals surface area contributed by atoms with Gasteiger partial charge in [0.1, 0.15) is 5.71 Å². The van der Waals surface area contributed by atoms with Crippen molar-refractivity contribution in [3.05, 3.63) is 12.2 Å². The van der Waals surface area contributed by atoms with Gasteiger partial charge in [-0.15, -0.1) is 6.58 Å². The van der Waals surface area contributed by atoms with Crippen LogP contribution in [0.2, 0.25) is 0 Å². The first-order chi connectivity index (χ1) is 7.00. The van der Waals surface area contributed by atoms with Crippen LogP contribution in [0.5, 0.6) is 0 Å². The highest BCUT2D eigenvalue weighted by molar-refractivity contribution is 6.36. The molecule has 1 rings (SSSR count). The number of carbonyl (C=O) groups is 2. The van der Waals surface area contributed by atoms with Crippen LogP contribution in [-0.2, 0) is 9.59 Å². The Hall–Kier alpha value is -1.65. The summed E-state index contributed by atoms with van der Waals surface area (Å²) in [7, 11) is 0. The standard InChI is InChI=1S/C10H14N2O3/c1-7(2)5-6-12-9(13)4-3-8(11-12)10(14)15/h1,3-6H2,2H3,(H,14,15). The third kappa shape index (κ3) is 3.19. The third-order valence-corrected chi connectivity index (χ3v) is 2.10. The molecule has 82 valence electrons. The van der Waals surface area contributed by atoms with Crippen molar-refractivity contribution in [2.24, 2.45) is 5.10 Å². The number of hydrogen-bond donors (Lipinski definition) is 1. The lowest BCUT2D eigenvalue weighted by Gasteiger charge is -2.21. The number of amides is 1. The van der Waals surface area contributed by atoms with Gasteiger partial charge in [-0.3, -0.25) is 4.79 Å². The number of hydrogen-bond acceptors (Lipinski definition) is 3. The number of nitrogens with zero attached hydrogens (tertiary/aromatic N) is 2. The predicted molar refractivity (Wildman–Crippen MR) is 55.4 cm³/mol. The first-order valence-corrected chi connectivity index (χ1v) is 4.76. The minimum atomic E-state index is -1.05. The summed E-state index contributed by atoms with van der Waals surface area (Å²) in [6.07, 6.45) is 1.08. The zero-order chi connectivity index (χ0) is 11.4. The Morgan fingerprint density at radius 3 is 2.80 bits per heavy atom. The number of hydrazone groups is 1. The van der Waals surface area contributed by atoms with E-state index in [2.05, 4.69) is 11.7 Å². The molecule has 5 heteroatoms. The number of rotatable bonds is 4. The van der Waals surface area contributed by atoms with E-state index in [9.17, 15) is 9.59 Å².